The van der Waals surface area contributed by atoms with Gasteiger partial charge in [0.25, 0.3) is 0 Å². The van der Waals surface area contributed by atoms with Gasteiger partial charge in [-0.3, -0.25) is 19.3 Å². The lowest BCUT2D eigenvalue weighted by Crippen LogP contribution is -1.99. The van der Waals surface area contributed by atoms with E-state index in [0.717, 1.165) is 5.56 Å². The van der Waals surface area contributed by atoms with E-state index in [1.807, 2.05) is 0 Å². The van der Waals surface area contributed by atoms with Crippen LogP contribution in [0.2, 0.25) is 5.02 Å². The molecule has 0 spiro atoms. The maximum absolute atomic E-state index is 11.3. The molecule has 0 aliphatic rings. The number of nitrogens with one attached hydrogen (secondary N) is 1. The van der Waals surface area contributed by atoms with Crippen molar-refractivity contribution in [2.24, 2.45) is 0 Å². The Morgan fingerprint density at radius 3 is 2.86 bits per heavy atom. The molecule has 0 aliphatic carbocycles. The Bertz CT molecular complexity index is 709. The zero-order valence-corrected chi connectivity index (χ0v) is 12.6. The first-order valence-electron chi connectivity index (χ1n) is 5.91. The van der Waals surface area contributed by atoms with Gasteiger partial charge in [0.05, 0.1) is 4.92 Å². The first-order chi connectivity index (χ1) is 9.97. The largest absolute Gasteiger partial charge is 0.350 e. The van der Waals surface area contributed by atoms with Crippen molar-refractivity contribution in [1.29, 1.82) is 0 Å². The molecule has 0 fully saturated rings. The van der Waals surface area contributed by atoms with Gasteiger partial charge in [-0.2, -0.15) is 0 Å². The summed E-state index contributed by atoms with van der Waals surface area (Å²) in [4.78, 5) is 14.2. The standard InChI is InChI=1S/C13H12ClN3O3S/c1-21(20)8-9-6-10(2-3-11(9)14)16-12-4-5-15-7-13(12)17(18)19/h2-7H,8H2,1H3,(H,15,16)/t21-/m0/s1. The van der Waals surface area contributed by atoms with E-state index in [4.69, 9.17) is 11.6 Å². The zero-order chi connectivity index (χ0) is 15.4. The fourth-order valence-corrected chi connectivity index (χ4v) is 2.72. The van der Waals surface area contributed by atoms with Crippen molar-refractivity contribution in [2.75, 3.05) is 11.6 Å². The number of pyridine rings is 1. The lowest BCUT2D eigenvalue weighted by molar-refractivity contribution is -0.384. The zero-order valence-electron chi connectivity index (χ0n) is 11.1. The smallest absolute Gasteiger partial charge is 0.310 e. The van der Waals surface area contributed by atoms with Gasteiger partial charge in [-0.05, 0) is 29.8 Å². The summed E-state index contributed by atoms with van der Waals surface area (Å²) in [5.41, 5.74) is 1.57. The summed E-state index contributed by atoms with van der Waals surface area (Å²) in [6.45, 7) is 0. The van der Waals surface area contributed by atoms with E-state index in [1.54, 1.807) is 24.5 Å². The Morgan fingerprint density at radius 1 is 1.43 bits per heavy atom. The molecule has 8 heteroatoms. The van der Waals surface area contributed by atoms with Gasteiger partial charge in [-0.15, -0.1) is 0 Å². The third-order valence-corrected chi connectivity index (χ3v) is 3.77. The summed E-state index contributed by atoms with van der Waals surface area (Å²) >= 11 is 6.04. The molecule has 2 rings (SSSR count). The van der Waals surface area contributed by atoms with Gasteiger partial charge in [0.1, 0.15) is 11.9 Å². The summed E-state index contributed by atoms with van der Waals surface area (Å²) in [6.07, 6.45) is 4.23. The molecule has 0 saturated carbocycles. The van der Waals surface area contributed by atoms with Crippen molar-refractivity contribution in [3.63, 3.8) is 0 Å². The summed E-state index contributed by atoms with van der Waals surface area (Å²) in [7, 11) is -1.02. The van der Waals surface area contributed by atoms with Crippen molar-refractivity contribution in [3.8, 4) is 0 Å². The first-order valence-corrected chi connectivity index (χ1v) is 8.02. The molecule has 1 aromatic heterocycles. The highest BCUT2D eigenvalue weighted by molar-refractivity contribution is 7.83. The van der Waals surface area contributed by atoms with Crippen LogP contribution in [0, 0.1) is 10.1 Å². The predicted octanol–water partition coefficient (Wildman–Crippen LogP) is 3.27. The van der Waals surface area contributed by atoms with Crippen molar-refractivity contribution in [3.05, 3.63) is 57.4 Å². The topological polar surface area (TPSA) is 85.1 Å². The number of anilines is 2. The molecule has 21 heavy (non-hydrogen) atoms. The van der Waals surface area contributed by atoms with E-state index < -0.39 is 15.7 Å². The second-order valence-corrected chi connectivity index (χ2v) is 6.14. The molecule has 0 radical (unpaired) electrons. The Balaban J connectivity index is 2.32. The molecule has 0 amide bonds. The van der Waals surface area contributed by atoms with Crippen molar-refractivity contribution >= 4 is 39.5 Å². The minimum absolute atomic E-state index is 0.118. The molecule has 0 saturated heterocycles. The monoisotopic (exact) mass is 325 g/mol. The first kappa shape index (κ1) is 15.4. The summed E-state index contributed by atoms with van der Waals surface area (Å²) in [5, 5.41) is 14.4. The highest BCUT2D eigenvalue weighted by Crippen LogP contribution is 2.28. The molecule has 110 valence electrons. The normalized spacial score (nSPS) is 11.9. The average molecular weight is 326 g/mol. The second-order valence-electron chi connectivity index (χ2n) is 4.30. The van der Waals surface area contributed by atoms with Crippen LogP contribution in [0.25, 0.3) is 0 Å². The Hall–Kier alpha value is -1.99. The maximum atomic E-state index is 11.3. The lowest BCUT2D eigenvalue weighted by atomic mass is 10.2. The van der Waals surface area contributed by atoms with Gasteiger partial charge < -0.3 is 5.32 Å². The minimum atomic E-state index is -1.02. The Labute approximate surface area is 128 Å². The van der Waals surface area contributed by atoms with Crippen LogP contribution >= 0.6 is 11.6 Å². The number of hydrogen-bond donors (Lipinski definition) is 1. The second kappa shape index (κ2) is 6.64. The number of hydrogen-bond acceptors (Lipinski definition) is 5. The molecule has 1 atom stereocenters. The van der Waals surface area contributed by atoms with Crippen LogP contribution in [0.3, 0.4) is 0 Å². The quantitative estimate of drug-likeness (QED) is 0.673. The summed E-state index contributed by atoms with van der Waals surface area (Å²) in [6, 6.07) is 6.62. The highest BCUT2D eigenvalue weighted by atomic mass is 35.5. The van der Waals surface area contributed by atoms with Crippen LogP contribution in [0.1, 0.15) is 5.56 Å². The molecule has 1 N–H and O–H groups in total. The molecule has 6 nitrogen and oxygen atoms in total. The third-order valence-electron chi connectivity index (χ3n) is 2.68. The van der Waals surface area contributed by atoms with Crippen LogP contribution < -0.4 is 5.32 Å². The van der Waals surface area contributed by atoms with Gasteiger partial charge in [0.15, 0.2) is 0 Å². The number of rotatable bonds is 5. The van der Waals surface area contributed by atoms with Gasteiger partial charge in [-0.1, -0.05) is 11.6 Å². The van der Waals surface area contributed by atoms with Crippen molar-refractivity contribution in [1.82, 2.24) is 4.98 Å². The van der Waals surface area contributed by atoms with Gasteiger partial charge in [-0.25, -0.2) is 0 Å². The van der Waals surface area contributed by atoms with Crippen LogP contribution in [-0.2, 0) is 16.6 Å². The lowest BCUT2D eigenvalue weighted by Gasteiger charge is -2.09. The number of aromatic nitrogens is 1. The molecule has 0 aliphatic heterocycles. The molecule has 1 aromatic carbocycles. The number of nitrogens with zero attached hydrogens (tertiary/aromatic N) is 2. The molecule has 2 aromatic rings. The third kappa shape index (κ3) is 3.99. The molecule has 1 heterocycles. The van der Waals surface area contributed by atoms with E-state index in [9.17, 15) is 14.3 Å². The van der Waals surface area contributed by atoms with Gasteiger partial charge in [0, 0.05) is 39.7 Å². The maximum Gasteiger partial charge on any atom is 0.310 e. The molecular weight excluding hydrogens is 314 g/mol. The van der Waals surface area contributed by atoms with Crippen LogP contribution in [0.5, 0.6) is 0 Å². The molecule has 0 bridgehead atoms. The fourth-order valence-electron chi connectivity index (χ4n) is 1.77. The van der Waals surface area contributed by atoms with Crippen LogP contribution in [-0.4, -0.2) is 20.4 Å². The number of nitro groups is 1. The molecule has 0 unspecified atom stereocenters. The fraction of sp³-hybridized carbons (Fsp3) is 0.154. The van der Waals surface area contributed by atoms with Gasteiger partial charge in [0.2, 0.25) is 0 Å². The van der Waals surface area contributed by atoms with Crippen molar-refractivity contribution < 1.29 is 9.13 Å². The number of benzene rings is 1. The predicted molar refractivity (Wildman–Crippen MR) is 83.4 cm³/mol. The Kier molecular flexibility index (Phi) is 4.87. The van der Waals surface area contributed by atoms with E-state index in [0.29, 0.717) is 22.2 Å². The highest BCUT2D eigenvalue weighted by Gasteiger charge is 2.14. The van der Waals surface area contributed by atoms with E-state index in [-0.39, 0.29) is 5.69 Å². The van der Waals surface area contributed by atoms with E-state index in [1.165, 1.54) is 18.5 Å². The van der Waals surface area contributed by atoms with Gasteiger partial charge >= 0.3 is 5.69 Å². The Morgan fingerprint density at radius 2 is 2.19 bits per heavy atom. The van der Waals surface area contributed by atoms with Crippen LogP contribution in [0.15, 0.2) is 36.7 Å². The number of halogens is 1. The SMILES string of the molecule is C[S@](=O)Cc1cc(Nc2ccncc2[N+](=O)[O-])ccc1Cl. The summed E-state index contributed by atoms with van der Waals surface area (Å²) < 4.78 is 11.3. The van der Waals surface area contributed by atoms with E-state index >= 15 is 0 Å². The van der Waals surface area contributed by atoms with E-state index in [2.05, 4.69) is 10.3 Å². The summed E-state index contributed by atoms with van der Waals surface area (Å²) in [5.74, 6) is 0.326. The minimum Gasteiger partial charge on any atom is -0.350 e. The molecular formula is C13H12ClN3O3S. The average Bonchev–Trinajstić information content (AvgIpc) is 2.42. The van der Waals surface area contributed by atoms with Crippen LogP contribution in [0.4, 0.5) is 17.1 Å². The van der Waals surface area contributed by atoms with Crippen molar-refractivity contribution in [2.45, 2.75) is 5.75 Å².